The summed E-state index contributed by atoms with van der Waals surface area (Å²) in [7, 11) is 3.05. The number of ether oxygens (including phenoxy) is 2. The Bertz CT molecular complexity index is 374. The second kappa shape index (κ2) is 6.88. The van der Waals surface area contributed by atoms with Crippen LogP contribution in [-0.2, 0) is 15.7 Å². The van der Waals surface area contributed by atoms with Crippen LogP contribution in [0.2, 0.25) is 0 Å². The molecule has 0 aliphatic rings. The number of halogens is 3. The van der Waals surface area contributed by atoms with Crippen LogP contribution in [0.1, 0.15) is 24.1 Å². The van der Waals surface area contributed by atoms with Gasteiger partial charge in [-0.2, -0.15) is 13.2 Å². The lowest BCUT2D eigenvalue weighted by molar-refractivity contribution is -0.137. The maximum Gasteiger partial charge on any atom is 0.416 e. The molecule has 108 valence electrons. The Morgan fingerprint density at radius 1 is 1.11 bits per heavy atom. The Kier molecular flexibility index (Phi) is 5.78. The molecule has 3 nitrogen and oxygen atoms in total. The van der Waals surface area contributed by atoms with E-state index in [1.54, 1.807) is 0 Å². The smallest absolute Gasteiger partial charge is 0.355 e. The minimum Gasteiger partial charge on any atom is -0.355 e. The van der Waals surface area contributed by atoms with E-state index in [0.717, 1.165) is 17.7 Å². The first kappa shape index (κ1) is 15.9. The Labute approximate surface area is 110 Å². The van der Waals surface area contributed by atoms with Crippen molar-refractivity contribution in [2.75, 3.05) is 20.8 Å². The maximum absolute atomic E-state index is 12.4. The van der Waals surface area contributed by atoms with E-state index in [-0.39, 0.29) is 12.3 Å². The Morgan fingerprint density at radius 3 is 2.05 bits per heavy atom. The second-order valence-corrected chi connectivity index (χ2v) is 4.15. The average Bonchev–Trinajstić information content (AvgIpc) is 2.39. The predicted octanol–water partition coefficient (Wildman–Crippen LogP) is 2.97. The number of rotatable bonds is 6. The van der Waals surface area contributed by atoms with Crippen molar-refractivity contribution in [3.05, 3.63) is 35.4 Å². The van der Waals surface area contributed by atoms with Crippen LogP contribution in [0.3, 0.4) is 0 Å². The van der Waals surface area contributed by atoms with Crippen LogP contribution < -0.4 is 5.32 Å². The first-order valence-electron chi connectivity index (χ1n) is 5.84. The Morgan fingerprint density at radius 2 is 1.63 bits per heavy atom. The van der Waals surface area contributed by atoms with Crippen molar-refractivity contribution in [3.63, 3.8) is 0 Å². The van der Waals surface area contributed by atoms with Crippen molar-refractivity contribution in [1.82, 2.24) is 5.32 Å². The fourth-order valence-corrected chi connectivity index (χ4v) is 1.61. The van der Waals surface area contributed by atoms with Crippen LogP contribution in [0.4, 0.5) is 13.2 Å². The molecule has 1 aromatic rings. The van der Waals surface area contributed by atoms with Crippen LogP contribution in [0.25, 0.3) is 0 Å². The first-order chi connectivity index (χ1) is 8.88. The number of nitrogens with one attached hydrogen (secondary N) is 1. The highest BCUT2D eigenvalue weighted by molar-refractivity contribution is 5.26. The molecule has 0 heterocycles. The highest BCUT2D eigenvalue weighted by Crippen LogP contribution is 2.29. The topological polar surface area (TPSA) is 30.5 Å². The quantitative estimate of drug-likeness (QED) is 0.811. The summed E-state index contributed by atoms with van der Waals surface area (Å²) < 4.78 is 47.3. The lowest BCUT2D eigenvalue weighted by atomic mass is 10.1. The van der Waals surface area contributed by atoms with E-state index >= 15 is 0 Å². The van der Waals surface area contributed by atoms with Gasteiger partial charge in [0.15, 0.2) is 6.29 Å². The van der Waals surface area contributed by atoms with E-state index in [9.17, 15) is 13.2 Å². The molecule has 0 aliphatic heterocycles. The van der Waals surface area contributed by atoms with Gasteiger partial charge in [0.1, 0.15) is 0 Å². The van der Waals surface area contributed by atoms with E-state index in [1.165, 1.54) is 26.4 Å². The molecular weight excluding hydrogens is 259 g/mol. The van der Waals surface area contributed by atoms with Crippen molar-refractivity contribution in [2.45, 2.75) is 25.4 Å². The predicted molar refractivity (Wildman–Crippen MR) is 65.7 cm³/mol. The fourth-order valence-electron chi connectivity index (χ4n) is 1.61. The van der Waals surface area contributed by atoms with Crippen LogP contribution in [-0.4, -0.2) is 27.1 Å². The van der Waals surface area contributed by atoms with Gasteiger partial charge in [0.05, 0.1) is 5.56 Å². The molecule has 1 rings (SSSR count). The number of hydrogen-bond donors (Lipinski definition) is 1. The Hall–Kier alpha value is -1.11. The molecule has 1 atom stereocenters. The number of benzene rings is 1. The normalized spacial score (nSPS) is 13.8. The zero-order valence-electron chi connectivity index (χ0n) is 11.1. The van der Waals surface area contributed by atoms with Crippen LogP contribution in [0, 0.1) is 0 Å². The molecule has 0 aliphatic carbocycles. The van der Waals surface area contributed by atoms with Gasteiger partial charge in [-0.05, 0) is 24.6 Å². The van der Waals surface area contributed by atoms with E-state index < -0.39 is 11.7 Å². The third kappa shape index (κ3) is 4.81. The minimum absolute atomic E-state index is 0.0879. The molecule has 0 saturated carbocycles. The van der Waals surface area contributed by atoms with E-state index in [2.05, 4.69) is 5.32 Å². The van der Waals surface area contributed by atoms with Gasteiger partial charge >= 0.3 is 6.18 Å². The molecule has 19 heavy (non-hydrogen) atoms. The molecule has 0 amide bonds. The van der Waals surface area contributed by atoms with Crippen molar-refractivity contribution in [3.8, 4) is 0 Å². The molecule has 6 heteroatoms. The van der Waals surface area contributed by atoms with Crippen molar-refractivity contribution in [2.24, 2.45) is 0 Å². The molecule has 0 spiro atoms. The van der Waals surface area contributed by atoms with E-state index in [4.69, 9.17) is 9.47 Å². The summed E-state index contributed by atoms with van der Waals surface area (Å²) in [5.41, 5.74) is 0.133. The molecule has 1 N–H and O–H groups in total. The van der Waals surface area contributed by atoms with Crippen molar-refractivity contribution >= 4 is 0 Å². The molecule has 1 aromatic carbocycles. The third-order valence-electron chi connectivity index (χ3n) is 2.85. The summed E-state index contributed by atoms with van der Waals surface area (Å²) >= 11 is 0. The summed E-state index contributed by atoms with van der Waals surface area (Å²) in [4.78, 5) is 0. The Balaban J connectivity index is 2.60. The molecule has 0 radical (unpaired) electrons. The highest BCUT2D eigenvalue weighted by atomic mass is 19.4. The number of alkyl halides is 3. The molecule has 0 aromatic heterocycles. The van der Waals surface area contributed by atoms with Gasteiger partial charge in [-0.15, -0.1) is 0 Å². The lowest BCUT2D eigenvalue weighted by Crippen LogP contribution is -2.31. The number of methoxy groups -OCH3 is 2. The van der Waals surface area contributed by atoms with Gasteiger partial charge in [-0.3, -0.25) is 0 Å². The third-order valence-corrected chi connectivity index (χ3v) is 2.85. The summed E-state index contributed by atoms with van der Waals surface area (Å²) in [6, 6.07) is 5.01. The summed E-state index contributed by atoms with van der Waals surface area (Å²) in [5, 5.41) is 3.13. The zero-order valence-corrected chi connectivity index (χ0v) is 11.1. The average molecular weight is 277 g/mol. The monoisotopic (exact) mass is 277 g/mol. The summed E-state index contributed by atoms with van der Waals surface area (Å²) in [6.07, 6.45) is -4.68. The van der Waals surface area contributed by atoms with Crippen LogP contribution in [0.5, 0.6) is 0 Å². The SMILES string of the molecule is COC(CN[C@H](C)c1ccc(C(F)(F)F)cc1)OC. The van der Waals surface area contributed by atoms with E-state index in [0.29, 0.717) is 6.54 Å². The molecular formula is C13H18F3NO2. The fraction of sp³-hybridized carbons (Fsp3) is 0.538. The van der Waals surface area contributed by atoms with Gasteiger partial charge in [0, 0.05) is 26.8 Å². The lowest BCUT2D eigenvalue weighted by Gasteiger charge is -2.19. The minimum atomic E-state index is -4.30. The van der Waals surface area contributed by atoms with E-state index in [1.807, 2.05) is 6.92 Å². The molecule has 0 saturated heterocycles. The van der Waals surface area contributed by atoms with Gasteiger partial charge < -0.3 is 14.8 Å². The standard InChI is InChI=1S/C13H18F3NO2/c1-9(17-8-12(18-2)19-3)10-4-6-11(7-5-10)13(14,15)16/h4-7,9,12,17H,8H2,1-3H3/t9-/m1/s1. The van der Waals surface area contributed by atoms with Crippen LogP contribution >= 0.6 is 0 Å². The zero-order chi connectivity index (χ0) is 14.5. The van der Waals surface area contributed by atoms with Gasteiger partial charge in [-0.1, -0.05) is 12.1 Å². The van der Waals surface area contributed by atoms with Crippen molar-refractivity contribution in [1.29, 1.82) is 0 Å². The summed E-state index contributed by atoms with van der Waals surface area (Å²) in [6.45, 7) is 2.32. The highest BCUT2D eigenvalue weighted by Gasteiger charge is 2.30. The molecule has 0 unspecified atom stereocenters. The molecule has 0 bridgehead atoms. The van der Waals surface area contributed by atoms with Crippen molar-refractivity contribution < 1.29 is 22.6 Å². The maximum atomic E-state index is 12.4. The second-order valence-electron chi connectivity index (χ2n) is 4.15. The van der Waals surface area contributed by atoms with Gasteiger partial charge in [-0.25, -0.2) is 0 Å². The first-order valence-corrected chi connectivity index (χ1v) is 5.84. The van der Waals surface area contributed by atoms with Gasteiger partial charge in [0.2, 0.25) is 0 Å². The number of hydrogen-bond acceptors (Lipinski definition) is 3. The largest absolute Gasteiger partial charge is 0.416 e. The summed E-state index contributed by atoms with van der Waals surface area (Å²) in [5.74, 6) is 0. The molecule has 0 fully saturated rings. The van der Waals surface area contributed by atoms with Crippen LogP contribution in [0.15, 0.2) is 24.3 Å². The van der Waals surface area contributed by atoms with Gasteiger partial charge in [0.25, 0.3) is 0 Å².